The molecule has 2 aliphatic heterocycles. The van der Waals surface area contributed by atoms with Gasteiger partial charge in [0.25, 0.3) is 0 Å². The van der Waals surface area contributed by atoms with Gasteiger partial charge in [0.2, 0.25) is 0 Å². The van der Waals surface area contributed by atoms with Crippen LogP contribution in [0.1, 0.15) is 26.7 Å². The molecule has 2 heteroatoms. The molecule has 70 valence electrons. The van der Waals surface area contributed by atoms with E-state index in [0.29, 0.717) is 11.5 Å². The molecule has 0 spiro atoms. The zero-order valence-corrected chi connectivity index (χ0v) is 8.10. The van der Waals surface area contributed by atoms with Gasteiger partial charge >= 0.3 is 0 Å². The highest BCUT2D eigenvalue weighted by Gasteiger charge is 2.40. The third-order valence-corrected chi connectivity index (χ3v) is 3.34. The van der Waals surface area contributed by atoms with Gasteiger partial charge in [0.05, 0.1) is 6.10 Å². The first kappa shape index (κ1) is 8.52. The first-order valence-corrected chi connectivity index (χ1v) is 5.02. The van der Waals surface area contributed by atoms with Crippen molar-refractivity contribution >= 4 is 0 Å². The number of hydrogen-bond donors (Lipinski definition) is 1. The molecular formula is C10H19NO. The molecule has 12 heavy (non-hydrogen) atoms. The molecule has 2 atom stereocenters. The van der Waals surface area contributed by atoms with E-state index in [1.54, 1.807) is 0 Å². The third-order valence-electron chi connectivity index (χ3n) is 3.34. The van der Waals surface area contributed by atoms with E-state index < -0.39 is 0 Å². The van der Waals surface area contributed by atoms with Gasteiger partial charge in [-0.2, -0.15) is 0 Å². The van der Waals surface area contributed by atoms with Gasteiger partial charge < -0.3 is 10.1 Å². The van der Waals surface area contributed by atoms with E-state index in [2.05, 4.69) is 19.2 Å². The first-order valence-electron chi connectivity index (χ1n) is 5.02. The SMILES string of the molecule is CC1(C)CCNC[C@@H]2CCO[C@@H]21. The second-order valence-corrected chi connectivity index (χ2v) is 4.78. The number of rotatable bonds is 0. The van der Waals surface area contributed by atoms with E-state index in [-0.39, 0.29) is 0 Å². The molecule has 0 unspecified atom stereocenters. The van der Waals surface area contributed by atoms with Crippen LogP contribution in [0.4, 0.5) is 0 Å². The van der Waals surface area contributed by atoms with Gasteiger partial charge in [-0.3, -0.25) is 0 Å². The zero-order chi connectivity index (χ0) is 8.60. The molecule has 2 rings (SSSR count). The number of ether oxygens (including phenoxy) is 1. The Labute approximate surface area is 74.7 Å². The highest BCUT2D eigenvalue weighted by Crippen LogP contribution is 2.38. The lowest BCUT2D eigenvalue weighted by molar-refractivity contribution is 0.00189. The predicted molar refractivity (Wildman–Crippen MR) is 49.1 cm³/mol. The smallest absolute Gasteiger partial charge is 0.0667 e. The van der Waals surface area contributed by atoms with Crippen molar-refractivity contribution in [1.29, 1.82) is 0 Å². The minimum absolute atomic E-state index is 0.380. The minimum atomic E-state index is 0.380. The molecular weight excluding hydrogens is 150 g/mol. The molecule has 0 saturated carbocycles. The van der Waals surface area contributed by atoms with E-state index in [0.717, 1.165) is 25.6 Å². The lowest BCUT2D eigenvalue weighted by Crippen LogP contribution is -2.34. The van der Waals surface area contributed by atoms with E-state index in [1.807, 2.05) is 0 Å². The lowest BCUT2D eigenvalue weighted by atomic mass is 9.78. The minimum Gasteiger partial charge on any atom is -0.377 e. The summed E-state index contributed by atoms with van der Waals surface area (Å²) in [7, 11) is 0. The molecule has 1 N–H and O–H groups in total. The van der Waals surface area contributed by atoms with Crippen LogP contribution in [0.2, 0.25) is 0 Å². The first-order chi connectivity index (χ1) is 5.70. The summed E-state index contributed by atoms with van der Waals surface area (Å²) in [6.45, 7) is 7.96. The fraction of sp³-hybridized carbons (Fsp3) is 1.00. The van der Waals surface area contributed by atoms with Crippen LogP contribution in [-0.4, -0.2) is 25.8 Å². The number of nitrogens with one attached hydrogen (secondary N) is 1. The normalized spacial score (nSPS) is 40.5. The number of fused-ring (bicyclic) bond motifs is 1. The van der Waals surface area contributed by atoms with Crippen molar-refractivity contribution in [3.8, 4) is 0 Å². The van der Waals surface area contributed by atoms with Gasteiger partial charge in [-0.1, -0.05) is 13.8 Å². The Hall–Kier alpha value is -0.0800. The highest BCUT2D eigenvalue weighted by molar-refractivity contribution is 4.91. The summed E-state index contributed by atoms with van der Waals surface area (Å²) in [5, 5.41) is 3.49. The number of hydrogen-bond acceptors (Lipinski definition) is 2. The quantitative estimate of drug-likeness (QED) is 0.592. The average Bonchev–Trinajstić information content (AvgIpc) is 2.42. The molecule has 0 aromatic carbocycles. The predicted octanol–water partition coefficient (Wildman–Crippen LogP) is 1.41. The van der Waals surface area contributed by atoms with Gasteiger partial charge in [0.1, 0.15) is 0 Å². The van der Waals surface area contributed by atoms with Crippen LogP contribution < -0.4 is 5.32 Å². The molecule has 0 bridgehead atoms. The summed E-state index contributed by atoms with van der Waals surface area (Å²) in [4.78, 5) is 0. The Morgan fingerprint density at radius 3 is 3.08 bits per heavy atom. The molecule has 0 aromatic heterocycles. The van der Waals surface area contributed by atoms with E-state index in [4.69, 9.17) is 4.74 Å². The third kappa shape index (κ3) is 1.38. The fourth-order valence-corrected chi connectivity index (χ4v) is 2.55. The summed E-state index contributed by atoms with van der Waals surface area (Å²) in [6, 6.07) is 0. The molecule has 0 aliphatic carbocycles. The van der Waals surface area contributed by atoms with Crippen molar-refractivity contribution in [3.05, 3.63) is 0 Å². The molecule has 2 saturated heterocycles. The van der Waals surface area contributed by atoms with Crippen molar-refractivity contribution in [2.24, 2.45) is 11.3 Å². The summed E-state index contributed by atoms with van der Waals surface area (Å²) < 4.78 is 5.81. The molecule has 0 aromatic rings. The maximum absolute atomic E-state index is 5.81. The highest BCUT2D eigenvalue weighted by atomic mass is 16.5. The van der Waals surface area contributed by atoms with Crippen molar-refractivity contribution in [2.75, 3.05) is 19.7 Å². The van der Waals surface area contributed by atoms with Gasteiger partial charge in [-0.05, 0) is 24.8 Å². The standard InChI is InChI=1S/C10H19NO/c1-10(2)4-5-11-7-8-3-6-12-9(8)10/h8-9,11H,3-7H2,1-2H3/t8-,9-/m0/s1. The van der Waals surface area contributed by atoms with Crippen molar-refractivity contribution in [1.82, 2.24) is 5.32 Å². The van der Waals surface area contributed by atoms with Crippen LogP contribution in [0.3, 0.4) is 0 Å². The second kappa shape index (κ2) is 3.00. The molecule has 2 heterocycles. The fourth-order valence-electron chi connectivity index (χ4n) is 2.55. The lowest BCUT2D eigenvalue weighted by Gasteiger charge is -2.31. The van der Waals surface area contributed by atoms with E-state index in [1.165, 1.54) is 12.8 Å². The van der Waals surface area contributed by atoms with Crippen molar-refractivity contribution in [3.63, 3.8) is 0 Å². The molecule has 2 aliphatic rings. The van der Waals surface area contributed by atoms with Crippen LogP contribution in [0, 0.1) is 11.3 Å². The van der Waals surface area contributed by atoms with Crippen LogP contribution in [0.5, 0.6) is 0 Å². The van der Waals surface area contributed by atoms with Crippen LogP contribution in [-0.2, 0) is 4.74 Å². The largest absolute Gasteiger partial charge is 0.377 e. The Kier molecular flexibility index (Phi) is 2.13. The van der Waals surface area contributed by atoms with Gasteiger partial charge in [0, 0.05) is 19.1 Å². The van der Waals surface area contributed by atoms with Gasteiger partial charge in [-0.15, -0.1) is 0 Å². The van der Waals surface area contributed by atoms with E-state index >= 15 is 0 Å². The molecule has 2 nitrogen and oxygen atoms in total. The van der Waals surface area contributed by atoms with Crippen LogP contribution in [0.25, 0.3) is 0 Å². The summed E-state index contributed by atoms with van der Waals surface area (Å²) in [5.74, 6) is 0.766. The Morgan fingerprint density at radius 2 is 2.25 bits per heavy atom. The van der Waals surface area contributed by atoms with Crippen molar-refractivity contribution in [2.45, 2.75) is 32.8 Å². The van der Waals surface area contributed by atoms with Gasteiger partial charge in [0.15, 0.2) is 0 Å². The summed E-state index contributed by atoms with van der Waals surface area (Å²) in [5.41, 5.74) is 0.380. The zero-order valence-electron chi connectivity index (χ0n) is 8.10. The van der Waals surface area contributed by atoms with Crippen molar-refractivity contribution < 1.29 is 4.74 Å². The molecule has 0 amide bonds. The topological polar surface area (TPSA) is 21.3 Å². The molecule has 2 fully saturated rings. The average molecular weight is 169 g/mol. The second-order valence-electron chi connectivity index (χ2n) is 4.78. The maximum Gasteiger partial charge on any atom is 0.0667 e. The van der Waals surface area contributed by atoms with Crippen LogP contribution >= 0.6 is 0 Å². The van der Waals surface area contributed by atoms with Crippen LogP contribution in [0.15, 0.2) is 0 Å². The monoisotopic (exact) mass is 169 g/mol. The Morgan fingerprint density at radius 1 is 1.42 bits per heavy atom. The summed E-state index contributed by atoms with van der Waals surface area (Å²) in [6.07, 6.45) is 3.00. The molecule has 0 radical (unpaired) electrons. The maximum atomic E-state index is 5.81. The Balaban J connectivity index is 2.13. The Bertz CT molecular complexity index is 167. The van der Waals surface area contributed by atoms with Gasteiger partial charge in [-0.25, -0.2) is 0 Å². The van der Waals surface area contributed by atoms with E-state index in [9.17, 15) is 0 Å². The summed E-state index contributed by atoms with van der Waals surface area (Å²) >= 11 is 0.